The number of carbonyl (C=O) groups is 1. The van der Waals surface area contributed by atoms with Gasteiger partial charge in [-0.3, -0.25) is 4.79 Å². The molecule has 1 saturated carbocycles. The van der Waals surface area contributed by atoms with Crippen LogP contribution in [0.2, 0.25) is 5.02 Å². The van der Waals surface area contributed by atoms with E-state index in [2.05, 4.69) is 10.6 Å². The average Bonchev–Trinajstić information content (AvgIpc) is 3.03. The van der Waals surface area contributed by atoms with Crippen LogP contribution in [0.25, 0.3) is 5.70 Å². The lowest BCUT2D eigenvalue weighted by Crippen LogP contribution is -2.51. The number of carbonyl (C=O) groups excluding carboxylic acids is 1. The van der Waals surface area contributed by atoms with E-state index >= 15 is 0 Å². The Hall–Kier alpha value is -2.24. The van der Waals surface area contributed by atoms with Crippen LogP contribution in [0, 0.1) is 0 Å². The molecule has 1 unspecified atom stereocenters. The highest BCUT2D eigenvalue weighted by molar-refractivity contribution is 6.30. The van der Waals surface area contributed by atoms with E-state index in [-0.39, 0.29) is 18.1 Å². The smallest absolute Gasteiger partial charge is 0.264 e. The highest BCUT2D eigenvalue weighted by atomic mass is 35.5. The fraction of sp³-hybridized carbons (Fsp3) is 0.350. The molecule has 1 fully saturated rings. The topological polar surface area (TPSA) is 64.6 Å². The first-order chi connectivity index (χ1) is 12.6. The maximum absolute atomic E-state index is 12.9. The van der Waals surface area contributed by atoms with Crippen LogP contribution in [0.4, 0.5) is 0 Å². The molecule has 0 bridgehead atoms. The van der Waals surface area contributed by atoms with E-state index in [1.54, 1.807) is 0 Å². The van der Waals surface area contributed by atoms with Crippen LogP contribution < -0.4 is 10.6 Å². The molecule has 2 heterocycles. The Morgan fingerprint density at radius 3 is 2.81 bits per heavy atom. The Bertz CT molecular complexity index is 794. The molecule has 1 amide bonds. The molecule has 1 aliphatic carbocycles. The van der Waals surface area contributed by atoms with E-state index in [1.807, 2.05) is 53.6 Å². The summed E-state index contributed by atoms with van der Waals surface area (Å²) in [6.45, 7) is 0. The van der Waals surface area contributed by atoms with Crippen molar-refractivity contribution in [3.8, 4) is 0 Å². The normalized spacial score (nSPS) is 27.3. The summed E-state index contributed by atoms with van der Waals surface area (Å²) in [4.78, 5) is 14.9. The standard InChI is InChI=1S/C20H22ClN3O2/c21-14-5-3-4-13(12-14)18-17-6-1-2-11-24(17)19(23-18)20(26)22-15-7-9-16(25)10-8-15/h1-6,11-12,15-16,19,23,25H,7-10H2,(H,22,26). The van der Waals surface area contributed by atoms with Gasteiger partial charge in [0.25, 0.3) is 5.91 Å². The highest BCUT2D eigenvalue weighted by Crippen LogP contribution is 2.32. The number of aliphatic hydroxyl groups excluding tert-OH is 1. The van der Waals surface area contributed by atoms with Crippen molar-refractivity contribution in [3.05, 3.63) is 65.0 Å². The van der Waals surface area contributed by atoms with Gasteiger partial charge in [0.2, 0.25) is 0 Å². The van der Waals surface area contributed by atoms with Gasteiger partial charge in [0.15, 0.2) is 6.17 Å². The van der Waals surface area contributed by atoms with E-state index in [1.165, 1.54) is 0 Å². The third-order valence-corrected chi connectivity index (χ3v) is 5.35. The Morgan fingerprint density at radius 2 is 2.04 bits per heavy atom. The molecule has 0 radical (unpaired) electrons. The minimum Gasteiger partial charge on any atom is -0.393 e. The Balaban J connectivity index is 1.53. The maximum atomic E-state index is 12.9. The fourth-order valence-corrected chi connectivity index (χ4v) is 3.93. The van der Waals surface area contributed by atoms with Gasteiger partial charge < -0.3 is 20.6 Å². The molecular formula is C20H22ClN3O2. The van der Waals surface area contributed by atoms with E-state index in [9.17, 15) is 9.90 Å². The first-order valence-corrected chi connectivity index (χ1v) is 9.38. The van der Waals surface area contributed by atoms with Gasteiger partial charge in [-0.15, -0.1) is 0 Å². The lowest BCUT2D eigenvalue weighted by atomic mass is 9.93. The summed E-state index contributed by atoms with van der Waals surface area (Å²) >= 11 is 6.14. The number of rotatable bonds is 3. The maximum Gasteiger partial charge on any atom is 0.264 e. The van der Waals surface area contributed by atoms with Crippen LogP contribution in [-0.4, -0.2) is 34.2 Å². The van der Waals surface area contributed by atoms with E-state index in [0.29, 0.717) is 5.02 Å². The SMILES string of the molecule is O=C(NC1CCC(O)CC1)C1NC(c2cccc(Cl)c2)=C2C=CC=CN21. The van der Waals surface area contributed by atoms with Gasteiger partial charge >= 0.3 is 0 Å². The second kappa shape index (κ2) is 7.17. The zero-order valence-corrected chi connectivity index (χ0v) is 15.1. The predicted octanol–water partition coefficient (Wildman–Crippen LogP) is 2.74. The second-order valence-electron chi connectivity index (χ2n) is 6.94. The quantitative estimate of drug-likeness (QED) is 0.764. The van der Waals surface area contributed by atoms with Crippen LogP contribution in [0.5, 0.6) is 0 Å². The Kier molecular flexibility index (Phi) is 4.74. The summed E-state index contributed by atoms with van der Waals surface area (Å²) < 4.78 is 0. The fourth-order valence-electron chi connectivity index (χ4n) is 3.74. The minimum atomic E-state index is -0.493. The van der Waals surface area contributed by atoms with E-state index < -0.39 is 6.17 Å². The van der Waals surface area contributed by atoms with Crippen LogP contribution in [0.3, 0.4) is 0 Å². The molecule has 0 aromatic heterocycles. The van der Waals surface area contributed by atoms with Gasteiger partial charge in [0, 0.05) is 22.8 Å². The molecule has 1 aromatic rings. The zero-order valence-electron chi connectivity index (χ0n) is 14.4. The largest absolute Gasteiger partial charge is 0.393 e. The van der Waals surface area contributed by atoms with E-state index in [4.69, 9.17) is 11.6 Å². The summed E-state index contributed by atoms with van der Waals surface area (Å²) in [5.74, 6) is -0.0548. The first-order valence-electron chi connectivity index (χ1n) is 9.00. The second-order valence-corrected chi connectivity index (χ2v) is 7.38. The van der Waals surface area contributed by atoms with Crippen molar-refractivity contribution in [1.29, 1.82) is 0 Å². The molecule has 136 valence electrons. The molecular weight excluding hydrogens is 350 g/mol. The molecule has 2 aliphatic heterocycles. The van der Waals surface area contributed by atoms with Crippen LogP contribution >= 0.6 is 11.6 Å². The molecule has 5 nitrogen and oxygen atoms in total. The van der Waals surface area contributed by atoms with E-state index in [0.717, 1.165) is 42.6 Å². The molecule has 6 heteroatoms. The third-order valence-electron chi connectivity index (χ3n) is 5.11. The summed E-state index contributed by atoms with van der Waals surface area (Å²) in [7, 11) is 0. The molecule has 0 saturated heterocycles. The van der Waals surface area contributed by atoms with Crippen molar-refractivity contribution in [1.82, 2.24) is 15.5 Å². The van der Waals surface area contributed by atoms with Gasteiger partial charge in [-0.1, -0.05) is 29.8 Å². The predicted molar refractivity (Wildman–Crippen MR) is 102 cm³/mol. The number of benzene rings is 1. The van der Waals surface area contributed by atoms with Crippen LogP contribution in [0.1, 0.15) is 31.2 Å². The van der Waals surface area contributed by atoms with Gasteiger partial charge in [-0.05, 0) is 50.0 Å². The van der Waals surface area contributed by atoms with Crippen molar-refractivity contribution in [2.45, 2.75) is 44.0 Å². The molecule has 0 spiro atoms. The summed E-state index contributed by atoms with van der Waals surface area (Å²) in [5.41, 5.74) is 2.80. The summed E-state index contributed by atoms with van der Waals surface area (Å²) in [6, 6.07) is 7.73. The van der Waals surface area contributed by atoms with Crippen LogP contribution in [-0.2, 0) is 4.79 Å². The summed E-state index contributed by atoms with van der Waals surface area (Å²) in [5, 5.41) is 16.8. The highest BCUT2D eigenvalue weighted by Gasteiger charge is 2.36. The van der Waals surface area contributed by atoms with Crippen molar-refractivity contribution in [3.63, 3.8) is 0 Å². The number of aliphatic hydroxyl groups is 1. The van der Waals surface area contributed by atoms with Gasteiger partial charge in [-0.25, -0.2) is 0 Å². The monoisotopic (exact) mass is 371 g/mol. The lowest BCUT2D eigenvalue weighted by Gasteiger charge is -2.30. The number of hydrogen-bond acceptors (Lipinski definition) is 4. The van der Waals surface area contributed by atoms with Crippen LogP contribution in [0.15, 0.2) is 54.4 Å². The number of nitrogens with one attached hydrogen (secondary N) is 2. The van der Waals surface area contributed by atoms with Gasteiger partial charge in [0.1, 0.15) is 0 Å². The third kappa shape index (κ3) is 3.37. The Labute approximate surface area is 158 Å². The van der Waals surface area contributed by atoms with Gasteiger partial charge in [-0.2, -0.15) is 0 Å². The molecule has 3 aliphatic rings. The molecule has 1 aromatic carbocycles. The number of hydrogen-bond donors (Lipinski definition) is 3. The molecule has 26 heavy (non-hydrogen) atoms. The zero-order chi connectivity index (χ0) is 18.1. The molecule has 4 rings (SSSR count). The number of fused-ring (bicyclic) bond motifs is 1. The number of nitrogens with zero attached hydrogens (tertiary/aromatic N) is 1. The molecule has 3 N–H and O–H groups in total. The van der Waals surface area contributed by atoms with Crippen molar-refractivity contribution in [2.24, 2.45) is 0 Å². The average molecular weight is 372 g/mol. The van der Waals surface area contributed by atoms with Gasteiger partial charge in [0.05, 0.1) is 17.5 Å². The lowest BCUT2D eigenvalue weighted by molar-refractivity contribution is -0.126. The summed E-state index contributed by atoms with van der Waals surface area (Å²) in [6.07, 6.45) is 10.2. The first kappa shape index (κ1) is 17.2. The number of amides is 1. The van der Waals surface area contributed by atoms with Crippen molar-refractivity contribution < 1.29 is 9.90 Å². The molecule has 1 atom stereocenters. The number of allylic oxidation sites excluding steroid dienone is 3. The minimum absolute atomic E-state index is 0.0548. The van der Waals surface area contributed by atoms with Crippen molar-refractivity contribution in [2.75, 3.05) is 0 Å². The van der Waals surface area contributed by atoms with Crippen molar-refractivity contribution >= 4 is 23.2 Å². The number of halogens is 1. The Morgan fingerprint density at radius 1 is 1.23 bits per heavy atom.